The Hall–Kier alpha value is -0.990. The summed E-state index contributed by atoms with van der Waals surface area (Å²) >= 11 is 0. The Morgan fingerprint density at radius 2 is 1.56 bits per heavy atom. The fraction of sp³-hybridized carbons (Fsp3) is 0.538. The number of benzene rings is 1. The van der Waals surface area contributed by atoms with Crippen LogP contribution in [0.3, 0.4) is 0 Å². The van der Waals surface area contributed by atoms with E-state index in [-0.39, 0.29) is 5.92 Å². The largest absolute Gasteiger partial charge is 0.416 e. The van der Waals surface area contributed by atoms with Crippen LogP contribution in [0.2, 0.25) is 0 Å². The van der Waals surface area contributed by atoms with E-state index in [4.69, 9.17) is 0 Å². The maximum absolute atomic E-state index is 12.6. The van der Waals surface area contributed by atoms with E-state index in [1.165, 1.54) is 12.1 Å². The minimum Gasteiger partial charge on any atom is -0.166 e. The van der Waals surface area contributed by atoms with E-state index in [9.17, 15) is 13.2 Å². The maximum Gasteiger partial charge on any atom is 0.416 e. The lowest BCUT2D eigenvalue weighted by molar-refractivity contribution is -0.137. The Labute approximate surface area is 94.5 Å². The molecular weight excluding hydrogens is 213 g/mol. The third-order valence-electron chi connectivity index (χ3n) is 2.95. The molecule has 0 N–H and O–H groups in total. The van der Waals surface area contributed by atoms with Gasteiger partial charge in [-0.2, -0.15) is 13.2 Å². The Morgan fingerprint density at radius 1 is 1.00 bits per heavy atom. The third-order valence-corrected chi connectivity index (χ3v) is 2.95. The molecule has 0 aromatic heterocycles. The van der Waals surface area contributed by atoms with E-state index in [1.807, 2.05) is 26.8 Å². The Balaban J connectivity index is 3.18. The van der Waals surface area contributed by atoms with Crippen LogP contribution in [0.4, 0.5) is 13.2 Å². The van der Waals surface area contributed by atoms with Gasteiger partial charge in [0.15, 0.2) is 0 Å². The second-order valence-corrected chi connectivity index (χ2v) is 4.66. The Kier molecular flexibility index (Phi) is 3.66. The fourth-order valence-corrected chi connectivity index (χ4v) is 1.62. The molecule has 0 nitrogen and oxygen atoms in total. The maximum atomic E-state index is 12.6. The molecule has 0 fully saturated rings. The zero-order valence-electron chi connectivity index (χ0n) is 10.0. The summed E-state index contributed by atoms with van der Waals surface area (Å²) < 4.78 is 37.8. The van der Waals surface area contributed by atoms with Gasteiger partial charge in [0.25, 0.3) is 0 Å². The summed E-state index contributed by atoms with van der Waals surface area (Å²) in [5.74, 6) is 0.476. The highest BCUT2D eigenvalue weighted by Crippen LogP contribution is 2.33. The number of rotatable bonds is 2. The summed E-state index contributed by atoms with van der Waals surface area (Å²) in [4.78, 5) is 0. The molecular formula is C13H17F3. The molecule has 1 aromatic carbocycles. The summed E-state index contributed by atoms with van der Waals surface area (Å²) in [6.07, 6.45) is -4.25. The first-order valence-electron chi connectivity index (χ1n) is 5.40. The van der Waals surface area contributed by atoms with Crippen molar-refractivity contribution < 1.29 is 13.2 Å². The van der Waals surface area contributed by atoms with Crippen LogP contribution in [0.25, 0.3) is 0 Å². The second-order valence-electron chi connectivity index (χ2n) is 4.66. The molecule has 0 bridgehead atoms. The van der Waals surface area contributed by atoms with Crippen LogP contribution >= 0.6 is 0 Å². The quantitative estimate of drug-likeness (QED) is 0.686. The van der Waals surface area contributed by atoms with Gasteiger partial charge in [0.05, 0.1) is 5.56 Å². The molecule has 0 heterocycles. The van der Waals surface area contributed by atoms with Crippen molar-refractivity contribution in [3.8, 4) is 0 Å². The molecule has 3 heteroatoms. The number of alkyl halides is 3. The van der Waals surface area contributed by atoms with Gasteiger partial charge in [0, 0.05) is 0 Å². The molecule has 1 rings (SSSR count). The number of aryl methyl sites for hydroxylation is 1. The van der Waals surface area contributed by atoms with Crippen LogP contribution < -0.4 is 0 Å². The molecule has 16 heavy (non-hydrogen) atoms. The van der Waals surface area contributed by atoms with Crippen molar-refractivity contribution in [1.82, 2.24) is 0 Å². The monoisotopic (exact) mass is 230 g/mol. The van der Waals surface area contributed by atoms with E-state index in [2.05, 4.69) is 0 Å². The van der Waals surface area contributed by atoms with Crippen LogP contribution in [0, 0.1) is 12.8 Å². The van der Waals surface area contributed by atoms with Gasteiger partial charge in [-0.25, -0.2) is 0 Å². The topological polar surface area (TPSA) is 0 Å². The van der Waals surface area contributed by atoms with Crippen molar-refractivity contribution >= 4 is 0 Å². The van der Waals surface area contributed by atoms with Crippen molar-refractivity contribution in [2.45, 2.75) is 39.8 Å². The van der Waals surface area contributed by atoms with Crippen molar-refractivity contribution in [1.29, 1.82) is 0 Å². The first-order chi connectivity index (χ1) is 7.21. The van der Waals surface area contributed by atoms with Gasteiger partial charge in [0.2, 0.25) is 0 Å². The van der Waals surface area contributed by atoms with Gasteiger partial charge in [-0.1, -0.05) is 32.4 Å². The third kappa shape index (κ3) is 3.00. The Morgan fingerprint density at radius 3 is 2.00 bits per heavy atom. The summed E-state index contributed by atoms with van der Waals surface area (Å²) in [5.41, 5.74) is 0.884. The lowest BCUT2D eigenvalue weighted by atomic mass is 9.88. The molecule has 1 atom stereocenters. The van der Waals surface area contributed by atoms with Crippen LogP contribution in [0.5, 0.6) is 0 Å². The molecule has 0 unspecified atom stereocenters. The summed E-state index contributed by atoms with van der Waals surface area (Å²) in [6.45, 7) is 7.69. The fourth-order valence-electron chi connectivity index (χ4n) is 1.62. The van der Waals surface area contributed by atoms with Gasteiger partial charge in [-0.3, -0.25) is 0 Å². The number of hydrogen-bond acceptors (Lipinski definition) is 0. The first kappa shape index (κ1) is 13.1. The number of hydrogen-bond donors (Lipinski definition) is 0. The smallest absolute Gasteiger partial charge is 0.166 e. The van der Waals surface area contributed by atoms with E-state index in [0.717, 1.165) is 5.56 Å². The minimum absolute atomic E-state index is 0.140. The lowest BCUT2D eigenvalue weighted by Gasteiger charge is -2.18. The molecule has 0 amide bonds. The van der Waals surface area contributed by atoms with E-state index < -0.39 is 11.7 Å². The van der Waals surface area contributed by atoms with Crippen LogP contribution in [0.1, 0.15) is 43.4 Å². The molecule has 90 valence electrons. The highest BCUT2D eigenvalue weighted by molar-refractivity contribution is 5.33. The second kappa shape index (κ2) is 4.48. The molecule has 1 aromatic rings. The van der Waals surface area contributed by atoms with E-state index in [1.54, 1.807) is 6.92 Å². The SMILES string of the molecule is Cc1cc([C@H](C)C(C)C)cc(C(F)(F)F)c1. The minimum atomic E-state index is -4.25. The summed E-state index contributed by atoms with van der Waals surface area (Å²) in [6, 6.07) is 4.29. The average Bonchev–Trinajstić information content (AvgIpc) is 2.14. The summed E-state index contributed by atoms with van der Waals surface area (Å²) in [5, 5.41) is 0. The van der Waals surface area contributed by atoms with E-state index >= 15 is 0 Å². The van der Waals surface area contributed by atoms with Gasteiger partial charge in [-0.15, -0.1) is 0 Å². The molecule has 0 saturated carbocycles. The highest BCUT2D eigenvalue weighted by Gasteiger charge is 2.31. The van der Waals surface area contributed by atoms with Crippen LogP contribution in [-0.4, -0.2) is 0 Å². The average molecular weight is 230 g/mol. The predicted octanol–water partition coefficient (Wildman–Crippen LogP) is 4.77. The molecule has 0 aliphatic rings. The Bertz CT molecular complexity index is 364. The van der Waals surface area contributed by atoms with E-state index in [0.29, 0.717) is 11.5 Å². The molecule has 0 saturated heterocycles. The zero-order valence-corrected chi connectivity index (χ0v) is 10.0. The van der Waals surface area contributed by atoms with Crippen molar-refractivity contribution in [3.63, 3.8) is 0 Å². The highest BCUT2D eigenvalue weighted by atomic mass is 19.4. The molecule has 0 spiro atoms. The van der Waals surface area contributed by atoms with Crippen molar-refractivity contribution in [3.05, 3.63) is 34.9 Å². The van der Waals surface area contributed by atoms with Crippen LogP contribution in [-0.2, 0) is 6.18 Å². The predicted molar refractivity (Wildman–Crippen MR) is 59.4 cm³/mol. The zero-order chi connectivity index (χ0) is 12.5. The first-order valence-corrected chi connectivity index (χ1v) is 5.40. The van der Waals surface area contributed by atoms with Gasteiger partial charge < -0.3 is 0 Å². The molecule has 0 radical (unpaired) electrons. The summed E-state index contributed by atoms with van der Waals surface area (Å²) in [7, 11) is 0. The van der Waals surface area contributed by atoms with Gasteiger partial charge >= 0.3 is 6.18 Å². The lowest BCUT2D eigenvalue weighted by Crippen LogP contribution is -2.09. The molecule has 0 aliphatic carbocycles. The van der Waals surface area contributed by atoms with Gasteiger partial charge in [0.1, 0.15) is 0 Å². The standard InChI is InChI=1S/C13H17F3/c1-8(2)10(4)11-5-9(3)6-12(7-11)13(14,15)16/h5-8,10H,1-4H3/t10-/m1/s1. The number of halogens is 3. The van der Waals surface area contributed by atoms with Crippen molar-refractivity contribution in [2.24, 2.45) is 5.92 Å². The van der Waals surface area contributed by atoms with Crippen LogP contribution in [0.15, 0.2) is 18.2 Å². The normalized spacial score (nSPS) is 14.2. The van der Waals surface area contributed by atoms with Crippen molar-refractivity contribution in [2.75, 3.05) is 0 Å². The van der Waals surface area contributed by atoms with Gasteiger partial charge in [-0.05, 0) is 36.5 Å². The molecule has 0 aliphatic heterocycles.